The van der Waals surface area contributed by atoms with Crippen molar-refractivity contribution in [1.82, 2.24) is 10.2 Å². The van der Waals surface area contributed by atoms with E-state index in [2.05, 4.69) is 5.32 Å². The number of carbonyl (C=O) groups excluding carboxylic acids is 1. The lowest BCUT2D eigenvalue weighted by atomic mass is 10.2. The maximum absolute atomic E-state index is 12.0. The molecule has 1 aromatic heterocycles. The molecule has 1 fully saturated rings. The molecule has 1 N–H and O–H groups in total. The van der Waals surface area contributed by atoms with Crippen LogP contribution in [0.15, 0.2) is 16.5 Å². The highest BCUT2D eigenvalue weighted by Gasteiger charge is 2.25. The summed E-state index contributed by atoms with van der Waals surface area (Å²) in [5.41, 5.74) is 0. The Hall–Kier alpha value is -1.29. The molecule has 1 unspecified atom stereocenters. The minimum Gasteiger partial charge on any atom is -0.456 e. The number of furan rings is 1. The van der Waals surface area contributed by atoms with Crippen molar-refractivity contribution < 1.29 is 9.21 Å². The summed E-state index contributed by atoms with van der Waals surface area (Å²) in [5, 5.41) is 3.25. The molecule has 2 rings (SSSR count). The van der Waals surface area contributed by atoms with Gasteiger partial charge in [0.05, 0.1) is 0 Å². The molecule has 1 amide bonds. The minimum absolute atomic E-state index is 0.00269. The zero-order chi connectivity index (χ0) is 10.8. The van der Waals surface area contributed by atoms with E-state index in [1.54, 1.807) is 6.07 Å². The number of nitrogens with one attached hydrogen (secondary N) is 1. The van der Waals surface area contributed by atoms with Crippen molar-refractivity contribution in [2.24, 2.45) is 0 Å². The van der Waals surface area contributed by atoms with Crippen molar-refractivity contribution in [3.63, 3.8) is 0 Å². The lowest BCUT2D eigenvalue weighted by molar-refractivity contribution is 0.0622. The second-order valence-electron chi connectivity index (χ2n) is 3.96. The van der Waals surface area contributed by atoms with Crippen LogP contribution in [0.5, 0.6) is 0 Å². The second kappa shape index (κ2) is 4.06. The number of piperazine rings is 1. The van der Waals surface area contributed by atoms with E-state index in [1.807, 2.05) is 24.8 Å². The Balaban J connectivity index is 2.13. The van der Waals surface area contributed by atoms with Crippen molar-refractivity contribution in [2.45, 2.75) is 19.9 Å². The average Bonchev–Trinajstić information content (AvgIpc) is 2.65. The van der Waals surface area contributed by atoms with Crippen LogP contribution in [-0.2, 0) is 0 Å². The van der Waals surface area contributed by atoms with Gasteiger partial charge in [0.1, 0.15) is 5.76 Å². The maximum Gasteiger partial charge on any atom is 0.289 e. The van der Waals surface area contributed by atoms with Gasteiger partial charge in [0, 0.05) is 25.7 Å². The number of rotatable bonds is 1. The molecule has 1 aliphatic heterocycles. The quantitative estimate of drug-likeness (QED) is 0.749. The summed E-state index contributed by atoms with van der Waals surface area (Å²) in [7, 11) is 0. The van der Waals surface area contributed by atoms with E-state index in [9.17, 15) is 4.79 Å². The monoisotopic (exact) mass is 208 g/mol. The first-order chi connectivity index (χ1) is 7.18. The smallest absolute Gasteiger partial charge is 0.289 e. The molecule has 0 saturated carbocycles. The molecule has 0 aliphatic carbocycles. The summed E-state index contributed by atoms with van der Waals surface area (Å²) < 4.78 is 5.34. The van der Waals surface area contributed by atoms with Gasteiger partial charge < -0.3 is 14.6 Å². The van der Waals surface area contributed by atoms with Crippen LogP contribution in [0.4, 0.5) is 0 Å². The molecule has 15 heavy (non-hydrogen) atoms. The molecule has 1 saturated heterocycles. The molecule has 1 aliphatic rings. The Morgan fingerprint density at radius 1 is 1.60 bits per heavy atom. The third-order valence-electron chi connectivity index (χ3n) is 2.71. The van der Waals surface area contributed by atoms with E-state index < -0.39 is 0 Å². The van der Waals surface area contributed by atoms with Crippen LogP contribution in [0.25, 0.3) is 0 Å². The van der Waals surface area contributed by atoms with Crippen LogP contribution in [0.1, 0.15) is 23.2 Å². The molecular weight excluding hydrogens is 192 g/mol. The van der Waals surface area contributed by atoms with Gasteiger partial charge in [0.25, 0.3) is 5.91 Å². The van der Waals surface area contributed by atoms with Gasteiger partial charge in [0.15, 0.2) is 5.76 Å². The van der Waals surface area contributed by atoms with Crippen LogP contribution in [0.2, 0.25) is 0 Å². The summed E-state index contributed by atoms with van der Waals surface area (Å²) in [4.78, 5) is 13.9. The molecule has 82 valence electrons. The molecule has 0 bridgehead atoms. The van der Waals surface area contributed by atoms with E-state index >= 15 is 0 Å². The highest BCUT2D eigenvalue weighted by Crippen LogP contribution is 2.12. The van der Waals surface area contributed by atoms with Crippen molar-refractivity contribution in [3.8, 4) is 0 Å². The summed E-state index contributed by atoms with van der Waals surface area (Å²) in [6.45, 7) is 6.35. The zero-order valence-electron chi connectivity index (χ0n) is 9.12. The van der Waals surface area contributed by atoms with Gasteiger partial charge in [0.2, 0.25) is 0 Å². The Kier molecular flexibility index (Phi) is 2.77. The summed E-state index contributed by atoms with van der Waals surface area (Å²) in [6.07, 6.45) is 0. The largest absolute Gasteiger partial charge is 0.456 e. The van der Waals surface area contributed by atoms with Crippen molar-refractivity contribution in [1.29, 1.82) is 0 Å². The van der Waals surface area contributed by atoms with Crippen LogP contribution in [-0.4, -0.2) is 36.5 Å². The molecule has 0 radical (unpaired) electrons. The number of hydrogen-bond acceptors (Lipinski definition) is 3. The predicted molar refractivity (Wildman–Crippen MR) is 56.8 cm³/mol. The van der Waals surface area contributed by atoms with Gasteiger partial charge in [-0.2, -0.15) is 0 Å². The van der Waals surface area contributed by atoms with E-state index in [4.69, 9.17) is 4.42 Å². The molecule has 4 heteroatoms. The fourth-order valence-corrected chi connectivity index (χ4v) is 1.83. The molecule has 1 aromatic rings. The first-order valence-corrected chi connectivity index (χ1v) is 5.26. The van der Waals surface area contributed by atoms with E-state index in [-0.39, 0.29) is 11.9 Å². The molecule has 2 heterocycles. The van der Waals surface area contributed by atoms with Gasteiger partial charge in [-0.15, -0.1) is 0 Å². The van der Waals surface area contributed by atoms with Gasteiger partial charge in [-0.25, -0.2) is 0 Å². The highest BCUT2D eigenvalue weighted by atomic mass is 16.3. The van der Waals surface area contributed by atoms with Crippen molar-refractivity contribution >= 4 is 5.91 Å². The maximum atomic E-state index is 12.0. The molecule has 4 nitrogen and oxygen atoms in total. The van der Waals surface area contributed by atoms with Gasteiger partial charge in [-0.1, -0.05) is 0 Å². The van der Waals surface area contributed by atoms with Crippen LogP contribution in [0, 0.1) is 6.92 Å². The van der Waals surface area contributed by atoms with Crippen LogP contribution in [0.3, 0.4) is 0 Å². The van der Waals surface area contributed by atoms with E-state index in [0.29, 0.717) is 5.76 Å². The van der Waals surface area contributed by atoms with Crippen molar-refractivity contribution in [2.75, 3.05) is 19.6 Å². The number of carbonyl (C=O) groups is 1. The highest BCUT2D eigenvalue weighted by molar-refractivity contribution is 5.91. The van der Waals surface area contributed by atoms with Gasteiger partial charge >= 0.3 is 0 Å². The third-order valence-corrected chi connectivity index (χ3v) is 2.71. The zero-order valence-corrected chi connectivity index (χ0v) is 9.12. The minimum atomic E-state index is -0.00269. The predicted octanol–water partition coefficient (Wildman–Crippen LogP) is 1.02. The fourth-order valence-electron chi connectivity index (χ4n) is 1.83. The molecule has 1 atom stereocenters. The Bertz CT molecular complexity index is 359. The Labute approximate surface area is 89.2 Å². The number of nitrogens with zero attached hydrogens (tertiary/aromatic N) is 1. The first-order valence-electron chi connectivity index (χ1n) is 5.26. The fraction of sp³-hybridized carbons (Fsp3) is 0.545. The topological polar surface area (TPSA) is 45.5 Å². The normalized spacial score (nSPS) is 21.7. The van der Waals surface area contributed by atoms with E-state index in [1.165, 1.54) is 0 Å². The molecule has 0 aromatic carbocycles. The standard InChI is InChI=1S/C11H16N2O2/c1-8-7-12-5-6-13(8)11(14)10-4-3-9(2)15-10/h3-4,8,12H,5-7H2,1-2H3. The van der Waals surface area contributed by atoms with Gasteiger partial charge in [-0.05, 0) is 26.0 Å². The van der Waals surface area contributed by atoms with Crippen LogP contribution >= 0.6 is 0 Å². The lowest BCUT2D eigenvalue weighted by Gasteiger charge is -2.33. The average molecular weight is 208 g/mol. The number of aryl methyl sites for hydroxylation is 1. The lowest BCUT2D eigenvalue weighted by Crippen LogP contribution is -2.52. The second-order valence-corrected chi connectivity index (χ2v) is 3.96. The first kappa shape index (κ1) is 10.2. The molecule has 0 spiro atoms. The SMILES string of the molecule is Cc1ccc(C(=O)N2CCNCC2C)o1. The molecular formula is C11H16N2O2. The summed E-state index contributed by atoms with van der Waals surface area (Å²) in [6, 6.07) is 3.80. The van der Waals surface area contributed by atoms with E-state index in [0.717, 1.165) is 25.4 Å². The van der Waals surface area contributed by atoms with Crippen LogP contribution < -0.4 is 5.32 Å². The number of hydrogen-bond donors (Lipinski definition) is 1. The Morgan fingerprint density at radius 2 is 2.40 bits per heavy atom. The third kappa shape index (κ3) is 2.04. The van der Waals surface area contributed by atoms with Crippen molar-refractivity contribution in [3.05, 3.63) is 23.7 Å². The Morgan fingerprint density at radius 3 is 3.00 bits per heavy atom. The summed E-state index contributed by atoms with van der Waals surface area (Å²) in [5.74, 6) is 1.22. The summed E-state index contributed by atoms with van der Waals surface area (Å²) >= 11 is 0. The number of amides is 1. The van der Waals surface area contributed by atoms with Gasteiger partial charge in [-0.3, -0.25) is 4.79 Å².